The molecule has 2 bridgehead atoms. The molecule has 0 amide bonds. The molecule has 0 radical (unpaired) electrons. The molecule has 0 spiro atoms. The van der Waals surface area contributed by atoms with Gasteiger partial charge in [-0.3, -0.25) is 0 Å². The Balaban J connectivity index is 1.80. The summed E-state index contributed by atoms with van der Waals surface area (Å²) >= 11 is 3.85. The number of allylic oxidation sites excluding steroid dienone is 3. The highest BCUT2D eigenvalue weighted by Gasteiger charge is 2.39. The van der Waals surface area contributed by atoms with Crippen LogP contribution in [0.25, 0.3) is 0 Å². The largest absolute Gasteiger partial charge is 0.301 e. The molecule has 0 aromatic rings. The summed E-state index contributed by atoms with van der Waals surface area (Å²) in [4.78, 5) is 0.208. The van der Waals surface area contributed by atoms with Gasteiger partial charge in [0, 0.05) is 6.54 Å². The summed E-state index contributed by atoms with van der Waals surface area (Å²) in [5.41, 5.74) is 5.87. The van der Waals surface area contributed by atoms with Crippen LogP contribution in [0.5, 0.6) is 0 Å². The fraction of sp³-hybridized carbons (Fsp3) is 0.727. The van der Waals surface area contributed by atoms with Crippen LogP contribution >= 0.6 is 15.9 Å². The Hall–Kier alpha value is -0.410. The van der Waals surface area contributed by atoms with Gasteiger partial charge < -0.3 is 5.32 Å². The minimum Gasteiger partial charge on any atom is -0.301 e. The minimum atomic E-state index is -0.698. The number of fused-ring (bicyclic) bond motifs is 3. The summed E-state index contributed by atoms with van der Waals surface area (Å²) in [6.07, 6.45) is 11.9. The summed E-state index contributed by atoms with van der Waals surface area (Å²) in [6, 6.07) is 0. The predicted octanol–water partition coefficient (Wildman–Crippen LogP) is 6.07. The van der Waals surface area contributed by atoms with E-state index >= 15 is 0 Å². The van der Waals surface area contributed by atoms with Gasteiger partial charge in [-0.05, 0) is 72.5 Å². The van der Waals surface area contributed by atoms with E-state index in [9.17, 15) is 4.39 Å². The van der Waals surface area contributed by atoms with Gasteiger partial charge in [0.05, 0.1) is 4.95 Å². The molecule has 0 saturated heterocycles. The molecule has 5 unspecified atom stereocenters. The van der Waals surface area contributed by atoms with E-state index in [1.807, 2.05) is 0 Å². The molecule has 1 saturated carbocycles. The maximum absolute atomic E-state index is 14.6. The quantitative estimate of drug-likeness (QED) is 0.432. The van der Waals surface area contributed by atoms with E-state index in [0.717, 1.165) is 18.9 Å². The van der Waals surface area contributed by atoms with Crippen LogP contribution in [0, 0.1) is 23.7 Å². The molecule has 1 N–H and O–H groups in total. The maximum Gasteiger partial charge on any atom is 0.104 e. The number of hydrogen-bond acceptors (Lipinski definition) is 1. The van der Waals surface area contributed by atoms with Crippen LogP contribution in [0.1, 0.15) is 58.8 Å². The summed E-state index contributed by atoms with van der Waals surface area (Å²) in [5, 5.41) is 3.56. The highest BCUT2D eigenvalue weighted by atomic mass is 79.9. The molecular formula is C22H31BrFN. The molecule has 1 aliphatic heterocycles. The van der Waals surface area contributed by atoms with E-state index < -0.39 is 6.17 Å². The second-order valence-corrected chi connectivity index (χ2v) is 9.52. The van der Waals surface area contributed by atoms with Gasteiger partial charge in [-0.2, -0.15) is 0 Å². The van der Waals surface area contributed by atoms with Gasteiger partial charge in [0.15, 0.2) is 0 Å². The van der Waals surface area contributed by atoms with Crippen molar-refractivity contribution in [3.8, 4) is 0 Å². The van der Waals surface area contributed by atoms with Gasteiger partial charge in [0.25, 0.3) is 0 Å². The lowest BCUT2D eigenvalue weighted by Gasteiger charge is -2.33. The smallest absolute Gasteiger partial charge is 0.104 e. The molecule has 0 aromatic heterocycles. The Kier molecular flexibility index (Phi) is 5.25. The summed E-state index contributed by atoms with van der Waals surface area (Å²) in [6.45, 7) is 5.79. The van der Waals surface area contributed by atoms with Crippen molar-refractivity contribution in [1.29, 1.82) is 0 Å². The third-order valence-electron chi connectivity index (χ3n) is 7.23. The molecule has 3 aliphatic carbocycles. The lowest BCUT2D eigenvalue weighted by atomic mass is 9.73. The number of halogens is 2. The Labute approximate surface area is 160 Å². The number of rotatable bonds is 2. The van der Waals surface area contributed by atoms with Crippen LogP contribution in [0.2, 0.25) is 0 Å². The fourth-order valence-electron chi connectivity index (χ4n) is 5.73. The lowest BCUT2D eigenvalue weighted by molar-refractivity contribution is 0.253. The van der Waals surface area contributed by atoms with E-state index in [1.54, 1.807) is 5.57 Å². The van der Waals surface area contributed by atoms with E-state index in [4.69, 9.17) is 0 Å². The van der Waals surface area contributed by atoms with Crippen LogP contribution in [0.3, 0.4) is 0 Å². The average molecular weight is 408 g/mol. The SMILES string of the molecule is CC(C1=CC2=C(C3=CCC(F)CC1C3C)C(Br)NCC2)C1CCCC1. The first kappa shape index (κ1) is 18.0. The highest BCUT2D eigenvalue weighted by Crippen LogP contribution is 2.49. The van der Waals surface area contributed by atoms with E-state index in [1.165, 1.54) is 42.4 Å². The zero-order valence-corrected chi connectivity index (χ0v) is 17.1. The molecular weight excluding hydrogens is 377 g/mol. The zero-order chi connectivity index (χ0) is 17.6. The first-order valence-corrected chi connectivity index (χ1v) is 11.1. The van der Waals surface area contributed by atoms with Gasteiger partial charge in [-0.15, -0.1) is 0 Å². The van der Waals surface area contributed by atoms with Crippen molar-refractivity contribution in [3.63, 3.8) is 0 Å². The van der Waals surface area contributed by atoms with Gasteiger partial charge in [0.1, 0.15) is 6.17 Å². The molecule has 3 heteroatoms. The highest BCUT2D eigenvalue weighted by molar-refractivity contribution is 9.09. The van der Waals surface area contributed by atoms with Crippen LogP contribution in [0.15, 0.2) is 34.4 Å². The second kappa shape index (κ2) is 7.31. The summed E-state index contributed by atoms with van der Waals surface area (Å²) < 4.78 is 14.6. The Morgan fingerprint density at radius 3 is 2.80 bits per heavy atom. The second-order valence-electron chi connectivity index (χ2n) is 8.61. The average Bonchev–Trinajstić information content (AvgIpc) is 3.05. The molecule has 1 heterocycles. The number of hydrogen-bond donors (Lipinski definition) is 1. The van der Waals surface area contributed by atoms with Gasteiger partial charge >= 0.3 is 0 Å². The first-order chi connectivity index (χ1) is 12.1. The monoisotopic (exact) mass is 407 g/mol. The fourth-order valence-corrected chi connectivity index (χ4v) is 6.52. The van der Waals surface area contributed by atoms with E-state index in [2.05, 4.69) is 47.2 Å². The summed E-state index contributed by atoms with van der Waals surface area (Å²) in [7, 11) is 0. The van der Waals surface area contributed by atoms with Crippen molar-refractivity contribution in [3.05, 3.63) is 34.4 Å². The minimum absolute atomic E-state index is 0.208. The van der Waals surface area contributed by atoms with Crippen molar-refractivity contribution < 1.29 is 4.39 Å². The van der Waals surface area contributed by atoms with Crippen LogP contribution in [0.4, 0.5) is 4.39 Å². The third kappa shape index (κ3) is 3.32. The van der Waals surface area contributed by atoms with Crippen LogP contribution < -0.4 is 5.32 Å². The van der Waals surface area contributed by atoms with Crippen molar-refractivity contribution in [2.75, 3.05) is 6.54 Å². The van der Waals surface area contributed by atoms with Crippen molar-refractivity contribution in [1.82, 2.24) is 5.32 Å². The third-order valence-corrected chi connectivity index (χ3v) is 8.01. The molecule has 4 aliphatic rings. The molecule has 0 aromatic carbocycles. The maximum atomic E-state index is 14.6. The summed E-state index contributed by atoms with van der Waals surface area (Å²) in [5.74, 6) is 2.18. The topological polar surface area (TPSA) is 12.0 Å². The predicted molar refractivity (Wildman–Crippen MR) is 106 cm³/mol. The normalized spacial score (nSPS) is 37.8. The molecule has 25 heavy (non-hydrogen) atoms. The molecule has 1 fully saturated rings. The molecule has 1 nitrogen and oxygen atoms in total. The Morgan fingerprint density at radius 1 is 1.28 bits per heavy atom. The molecule has 4 rings (SSSR count). The number of nitrogens with one attached hydrogen (secondary N) is 1. The molecule has 138 valence electrons. The van der Waals surface area contributed by atoms with Gasteiger partial charge in [-0.1, -0.05) is 60.3 Å². The number of alkyl halides is 2. The first-order valence-electron chi connectivity index (χ1n) is 10.2. The van der Waals surface area contributed by atoms with Gasteiger partial charge in [0.2, 0.25) is 0 Å². The standard InChI is InChI=1S/C22H31BrFN/c1-13(15-5-3-4-6-15)19-11-16-9-10-25-22(23)21(16)18-8-7-17(24)12-20(19)14(18)2/h8,11,13-15,17,20,22,25H,3-7,9-10,12H2,1-2H3. The van der Waals surface area contributed by atoms with Crippen LogP contribution in [-0.4, -0.2) is 17.7 Å². The van der Waals surface area contributed by atoms with Crippen molar-refractivity contribution in [2.24, 2.45) is 23.7 Å². The van der Waals surface area contributed by atoms with Crippen molar-refractivity contribution in [2.45, 2.75) is 69.9 Å². The molecule has 5 atom stereocenters. The van der Waals surface area contributed by atoms with E-state index in [-0.39, 0.29) is 4.95 Å². The van der Waals surface area contributed by atoms with Crippen molar-refractivity contribution >= 4 is 15.9 Å². The lowest BCUT2D eigenvalue weighted by Crippen LogP contribution is -2.33. The Bertz CT molecular complexity index is 614. The Morgan fingerprint density at radius 2 is 2.04 bits per heavy atom. The van der Waals surface area contributed by atoms with E-state index in [0.29, 0.717) is 30.6 Å². The zero-order valence-electron chi connectivity index (χ0n) is 15.5. The van der Waals surface area contributed by atoms with Crippen LogP contribution in [-0.2, 0) is 0 Å². The van der Waals surface area contributed by atoms with Gasteiger partial charge in [-0.25, -0.2) is 4.39 Å².